The van der Waals surface area contributed by atoms with Gasteiger partial charge < -0.3 is 106 Å². The zero-order valence-electron chi connectivity index (χ0n) is 56.1. The van der Waals surface area contributed by atoms with Gasteiger partial charge in [-0.25, -0.2) is 13.6 Å². The van der Waals surface area contributed by atoms with Gasteiger partial charge in [-0.15, -0.1) is 0 Å². The van der Waals surface area contributed by atoms with Crippen LogP contribution in [0.1, 0.15) is 54.6 Å². The van der Waals surface area contributed by atoms with Crippen LogP contribution < -0.4 is 15.4 Å². The Morgan fingerprint density at radius 1 is 0.542 bits per heavy atom. The Balaban J connectivity index is 0.889. The van der Waals surface area contributed by atoms with Gasteiger partial charge in [0.05, 0.1) is 267 Å². The van der Waals surface area contributed by atoms with Crippen LogP contribution in [0, 0.1) is 28.4 Å². The standard InChI is InChI=1S/C67H101Cl2F2N3O22/c1-66(2,3)50-60-67(51-72,55-10-9-53(68)49-57(55)70)61(54-6-5-7-56(69)62(54)71)63(74-60)64(76)73-58-11-8-52(48-59(58)78-4)65(77)96-47-46-95-45-44-94-43-42-93-41-40-92-39-38-91-37-36-90-35-34-89-33-32-88-31-30-87-29-28-86-27-26-85-25-24-84-23-22-83-21-20-82-19-18-81-17-16-80-15-14-79-13-12-75/h5-11,48-49,60-61,63,74-75H,12-47,50H2,1-4H3,(H,73,76)/t60-,61-,63+,67-/m0/s1. The highest BCUT2D eigenvalue weighted by atomic mass is 35.5. The summed E-state index contributed by atoms with van der Waals surface area (Å²) in [5.74, 6) is -4.16. The van der Waals surface area contributed by atoms with Crippen LogP contribution in [0.2, 0.25) is 10.0 Å². The molecule has 0 unspecified atom stereocenters. The topological polar surface area (TPSA) is 278 Å². The Hall–Kier alpha value is -4.43. The summed E-state index contributed by atoms with van der Waals surface area (Å²) in [6.07, 6.45) is 0.285. The molecule has 4 atom stereocenters. The van der Waals surface area contributed by atoms with Crippen molar-refractivity contribution in [3.05, 3.63) is 93.0 Å². The van der Waals surface area contributed by atoms with Gasteiger partial charge in [0, 0.05) is 22.5 Å². The lowest BCUT2D eigenvalue weighted by Gasteiger charge is -2.37. The van der Waals surface area contributed by atoms with Gasteiger partial charge in [-0.3, -0.25) is 4.79 Å². The van der Waals surface area contributed by atoms with Crippen molar-refractivity contribution in [3.8, 4) is 11.8 Å². The van der Waals surface area contributed by atoms with E-state index in [1.165, 1.54) is 55.6 Å². The van der Waals surface area contributed by atoms with E-state index < -0.39 is 52.3 Å². The average molecular weight is 1410 g/mol. The number of rotatable bonds is 60. The molecule has 0 saturated carbocycles. The number of nitrogens with zero attached hydrogens (tertiary/aromatic N) is 1. The number of ether oxygens (including phenoxy) is 19. The van der Waals surface area contributed by atoms with Gasteiger partial charge in [0.1, 0.15) is 29.4 Å². The van der Waals surface area contributed by atoms with Gasteiger partial charge in [0.25, 0.3) is 0 Å². The number of aliphatic hydroxyl groups is 1. The molecule has 1 aliphatic heterocycles. The molecule has 544 valence electrons. The van der Waals surface area contributed by atoms with Gasteiger partial charge in [-0.1, -0.05) is 62.2 Å². The molecule has 1 saturated heterocycles. The van der Waals surface area contributed by atoms with Crippen LogP contribution in [0.15, 0.2) is 54.6 Å². The maximum absolute atomic E-state index is 16.2. The predicted molar refractivity (Wildman–Crippen MR) is 351 cm³/mol. The first-order valence-electron chi connectivity index (χ1n) is 32.4. The monoisotopic (exact) mass is 1410 g/mol. The third-order valence-corrected chi connectivity index (χ3v) is 14.6. The zero-order valence-corrected chi connectivity index (χ0v) is 57.6. The number of carbonyl (C=O) groups excluding carboxylic acids is 2. The summed E-state index contributed by atoms with van der Waals surface area (Å²) in [5, 5.41) is 25.8. The molecule has 1 aliphatic rings. The number of aliphatic hydroxyl groups excluding tert-OH is 1. The molecular formula is C67H101Cl2F2N3O22. The van der Waals surface area contributed by atoms with Crippen LogP contribution in [0.3, 0.4) is 0 Å². The number of nitrogens with one attached hydrogen (secondary N) is 2. The highest BCUT2D eigenvalue weighted by molar-refractivity contribution is 6.31. The Labute approximate surface area is 573 Å². The van der Waals surface area contributed by atoms with Crippen LogP contribution in [-0.2, 0) is 95.5 Å². The third-order valence-electron chi connectivity index (χ3n) is 14.1. The van der Waals surface area contributed by atoms with Crippen molar-refractivity contribution >= 4 is 40.8 Å². The number of benzene rings is 3. The number of amides is 1. The van der Waals surface area contributed by atoms with Gasteiger partial charge in [-0.2, -0.15) is 5.26 Å². The summed E-state index contributed by atoms with van der Waals surface area (Å²) < 4.78 is 136. The molecule has 1 fully saturated rings. The summed E-state index contributed by atoms with van der Waals surface area (Å²) in [6, 6.07) is 12.7. The van der Waals surface area contributed by atoms with Crippen molar-refractivity contribution in [1.29, 1.82) is 5.26 Å². The average Bonchev–Trinajstić information content (AvgIpc) is 1.53. The number of anilines is 1. The molecule has 3 N–H and O–H groups in total. The summed E-state index contributed by atoms with van der Waals surface area (Å²) in [6.45, 7) is 20.3. The first-order valence-corrected chi connectivity index (χ1v) is 33.2. The lowest BCUT2D eigenvalue weighted by atomic mass is 9.62. The highest BCUT2D eigenvalue weighted by Gasteiger charge is 2.61. The first kappa shape index (κ1) is 84.0. The van der Waals surface area contributed by atoms with E-state index >= 15 is 8.78 Å². The minimum Gasteiger partial charge on any atom is -0.495 e. The summed E-state index contributed by atoms with van der Waals surface area (Å²) in [5.41, 5.74) is -2.08. The van der Waals surface area contributed by atoms with Gasteiger partial charge >= 0.3 is 5.97 Å². The Morgan fingerprint density at radius 3 is 1.26 bits per heavy atom. The fraction of sp³-hybridized carbons (Fsp3) is 0.687. The van der Waals surface area contributed by atoms with E-state index in [2.05, 4.69) is 16.7 Å². The van der Waals surface area contributed by atoms with Crippen molar-refractivity contribution in [1.82, 2.24) is 5.32 Å². The molecule has 4 rings (SSSR count). The number of hydrogen-bond acceptors (Lipinski definition) is 24. The summed E-state index contributed by atoms with van der Waals surface area (Å²) in [4.78, 5) is 27.6. The molecule has 29 heteroatoms. The maximum Gasteiger partial charge on any atom is 0.338 e. The predicted octanol–water partition coefficient (Wildman–Crippen LogP) is 6.67. The largest absolute Gasteiger partial charge is 0.495 e. The normalized spacial score (nSPS) is 16.3. The number of nitriles is 1. The number of esters is 1. The molecule has 0 radical (unpaired) electrons. The van der Waals surface area contributed by atoms with Crippen LogP contribution in [0.25, 0.3) is 0 Å². The van der Waals surface area contributed by atoms with Crippen LogP contribution in [-0.4, -0.2) is 274 Å². The Morgan fingerprint density at radius 2 is 0.917 bits per heavy atom. The molecule has 0 bridgehead atoms. The van der Waals surface area contributed by atoms with E-state index in [0.29, 0.717) is 211 Å². The van der Waals surface area contributed by atoms with E-state index in [1.807, 2.05) is 20.8 Å². The quantitative estimate of drug-likeness (QED) is 0.0393. The lowest BCUT2D eigenvalue weighted by molar-refractivity contribution is -0.118. The summed E-state index contributed by atoms with van der Waals surface area (Å²) in [7, 11) is 1.36. The maximum atomic E-state index is 16.2. The first-order chi connectivity index (χ1) is 46.8. The molecule has 1 heterocycles. The number of halogens is 4. The molecular weight excluding hydrogens is 1310 g/mol. The molecule has 96 heavy (non-hydrogen) atoms. The van der Waals surface area contributed by atoms with E-state index in [-0.39, 0.29) is 71.0 Å². The van der Waals surface area contributed by atoms with Crippen molar-refractivity contribution in [2.75, 3.05) is 250 Å². The van der Waals surface area contributed by atoms with Gasteiger partial charge in [-0.05, 0) is 53.8 Å². The smallest absolute Gasteiger partial charge is 0.338 e. The van der Waals surface area contributed by atoms with Gasteiger partial charge in [0.2, 0.25) is 5.91 Å². The third kappa shape index (κ3) is 34.6. The molecule has 25 nitrogen and oxygen atoms in total. The van der Waals surface area contributed by atoms with E-state index in [9.17, 15) is 14.9 Å². The van der Waals surface area contributed by atoms with Gasteiger partial charge in [0.15, 0.2) is 0 Å². The van der Waals surface area contributed by atoms with Crippen LogP contribution >= 0.6 is 23.2 Å². The summed E-state index contributed by atoms with van der Waals surface area (Å²) >= 11 is 12.4. The molecule has 3 aromatic rings. The second-order valence-electron chi connectivity index (χ2n) is 22.4. The number of hydrogen-bond donors (Lipinski definition) is 3. The van der Waals surface area contributed by atoms with E-state index in [4.69, 9.17) is 118 Å². The minimum absolute atomic E-state index is 0.00999. The van der Waals surface area contributed by atoms with Crippen molar-refractivity contribution in [3.63, 3.8) is 0 Å². The van der Waals surface area contributed by atoms with Crippen molar-refractivity contribution in [2.24, 2.45) is 5.41 Å². The molecule has 1 amide bonds. The molecule has 0 spiro atoms. The highest BCUT2D eigenvalue weighted by Crippen LogP contribution is 2.53. The Bertz CT molecular complexity index is 2580. The number of carbonyl (C=O) groups is 2. The van der Waals surface area contributed by atoms with Crippen LogP contribution in [0.5, 0.6) is 5.75 Å². The van der Waals surface area contributed by atoms with Crippen molar-refractivity contribution in [2.45, 2.75) is 50.6 Å². The second-order valence-corrected chi connectivity index (χ2v) is 23.2. The molecule has 0 aromatic heterocycles. The van der Waals surface area contributed by atoms with Crippen LogP contribution in [0.4, 0.5) is 14.5 Å². The minimum atomic E-state index is -1.83. The molecule has 0 aliphatic carbocycles. The van der Waals surface area contributed by atoms with E-state index in [0.717, 1.165) is 6.07 Å². The zero-order chi connectivity index (χ0) is 69.2. The second kappa shape index (κ2) is 52.6. The Kier molecular flexibility index (Phi) is 46.0. The number of methoxy groups -OCH3 is 1. The fourth-order valence-electron chi connectivity index (χ4n) is 9.65. The van der Waals surface area contributed by atoms with Crippen molar-refractivity contribution < 1.29 is 113 Å². The fourth-order valence-corrected chi connectivity index (χ4v) is 9.99. The SMILES string of the molecule is COc1cc(C(=O)OCCOCCOCCOCCOCCOCCOCCOCCOCCOCCOCCOCCOCCOCCOCCOCCOCCOCCO)ccc1NC(=O)[C@@H]1N[C@@H](CC(C)(C)C)[C@](C#N)(c2ccc(Cl)cc2F)[C@H]1c1cccc(Cl)c1F. The van der Waals surface area contributed by atoms with E-state index in [1.54, 1.807) is 0 Å². The lowest BCUT2D eigenvalue weighted by Crippen LogP contribution is -2.45. The molecule has 3 aromatic carbocycles.